The number of carbonyl (C=O) groups is 2. The van der Waals surface area contributed by atoms with E-state index in [1.807, 2.05) is 57.5 Å². The Balaban J connectivity index is 1.47. The Morgan fingerprint density at radius 3 is 2.49 bits per heavy atom. The number of benzene rings is 1. The maximum absolute atomic E-state index is 13.5. The van der Waals surface area contributed by atoms with Crippen molar-refractivity contribution < 1.29 is 19.2 Å². The zero-order valence-corrected chi connectivity index (χ0v) is 21.5. The van der Waals surface area contributed by atoms with Crippen LogP contribution in [0.4, 0.5) is 0 Å². The Hall–Kier alpha value is -3.04. The summed E-state index contributed by atoms with van der Waals surface area (Å²) in [6.07, 6.45) is -0.551. The van der Waals surface area contributed by atoms with Crippen LogP contribution in [0, 0.1) is 19.8 Å². The van der Waals surface area contributed by atoms with Gasteiger partial charge in [0.15, 0.2) is 0 Å². The van der Waals surface area contributed by atoms with Crippen molar-refractivity contribution in [1.82, 2.24) is 20.4 Å². The van der Waals surface area contributed by atoms with E-state index in [-0.39, 0.29) is 36.7 Å². The number of aryl methyl sites for hydroxylation is 2. The van der Waals surface area contributed by atoms with Crippen LogP contribution >= 0.6 is 11.3 Å². The zero-order chi connectivity index (χ0) is 25.3. The first kappa shape index (κ1) is 25.1. The molecule has 3 heterocycles. The maximum atomic E-state index is 13.5. The fourth-order valence-corrected chi connectivity index (χ4v) is 5.46. The molecule has 3 aromatic rings. The van der Waals surface area contributed by atoms with Crippen LogP contribution in [-0.4, -0.2) is 50.7 Å². The first-order chi connectivity index (χ1) is 16.7. The number of hydrogen-bond donors (Lipinski definition) is 2. The average molecular weight is 497 g/mol. The second kappa shape index (κ2) is 10.3. The molecule has 35 heavy (non-hydrogen) atoms. The van der Waals surface area contributed by atoms with Gasteiger partial charge in [0.25, 0.3) is 0 Å². The Kier molecular flexibility index (Phi) is 7.37. The lowest BCUT2D eigenvalue weighted by molar-refractivity contribution is -0.141. The van der Waals surface area contributed by atoms with Gasteiger partial charge in [-0.25, -0.2) is 4.98 Å². The number of rotatable bonds is 7. The third-order valence-electron chi connectivity index (χ3n) is 6.53. The van der Waals surface area contributed by atoms with Gasteiger partial charge < -0.3 is 19.8 Å². The molecule has 1 fully saturated rings. The molecule has 2 N–H and O–H groups in total. The van der Waals surface area contributed by atoms with E-state index in [2.05, 4.69) is 15.5 Å². The minimum atomic E-state index is -0.754. The van der Waals surface area contributed by atoms with Crippen LogP contribution in [0.25, 0.3) is 10.4 Å². The van der Waals surface area contributed by atoms with E-state index in [4.69, 9.17) is 4.52 Å². The van der Waals surface area contributed by atoms with Crippen molar-refractivity contribution in [3.63, 3.8) is 0 Å². The third-order valence-corrected chi connectivity index (χ3v) is 7.50. The summed E-state index contributed by atoms with van der Waals surface area (Å²) in [6.45, 7) is 9.68. The Morgan fingerprint density at radius 1 is 1.20 bits per heavy atom. The van der Waals surface area contributed by atoms with E-state index in [0.717, 1.165) is 21.7 Å². The van der Waals surface area contributed by atoms with Crippen molar-refractivity contribution in [2.45, 2.75) is 65.1 Å². The molecule has 4 rings (SSSR count). The molecule has 0 radical (unpaired) electrons. The Labute approximate surface area is 209 Å². The number of nitrogens with zero attached hydrogens (tertiary/aromatic N) is 3. The number of aliphatic hydroxyl groups excluding tert-OH is 1. The highest BCUT2D eigenvalue weighted by molar-refractivity contribution is 7.13. The molecule has 8 nitrogen and oxygen atoms in total. The number of aliphatic hydroxyl groups is 1. The summed E-state index contributed by atoms with van der Waals surface area (Å²) >= 11 is 1.60. The molecule has 1 saturated heterocycles. The van der Waals surface area contributed by atoms with E-state index in [9.17, 15) is 14.7 Å². The molecule has 2 amide bonds. The molecule has 1 unspecified atom stereocenters. The highest BCUT2D eigenvalue weighted by Gasteiger charge is 2.43. The monoisotopic (exact) mass is 496 g/mol. The zero-order valence-electron chi connectivity index (χ0n) is 20.7. The second-order valence-corrected chi connectivity index (χ2v) is 10.5. The van der Waals surface area contributed by atoms with Gasteiger partial charge in [-0.05, 0) is 37.8 Å². The molecule has 9 heteroatoms. The number of likely N-dealkylation sites (tertiary alicyclic amines) is 1. The van der Waals surface area contributed by atoms with Crippen molar-refractivity contribution in [3.05, 3.63) is 58.6 Å². The molecule has 1 aliphatic heterocycles. The van der Waals surface area contributed by atoms with Crippen molar-refractivity contribution in [2.75, 3.05) is 6.54 Å². The highest BCUT2D eigenvalue weighted by atomic mass is 32.1. The fraction of sp³-hybridized carbons (Fsp3) is 0.462. The number of aromatic nitrogens is 2. The van der Waals surface area contributed by atoms with Crippen LogP contribution in [0.1, 0.15) is 61.9 Å². The number of thiazole rings is 1. The molecule has 2 aromatic heterocycles. The van der Waals surface area contributed by atoms with Gasteiger partial charge in [-0.15, -0.1) is 11.3 Å². The van der Waals surface area contributed by atoms with Crippen LogP contribution < -0.4 is 5.32 Å². The summed E-state index contributed by atoms with van der Waals surface area (Å²) in [5, 5.41) is 17.3. The van der Waals surface area contributed by atoms with E-state index < -0.39 is 18.1 Å². The topological polar surface area (TPSA) is 109 Å². The predicted molar refractivity (Wildman–Crippen MR) is 134 cm³/mol. The minimum absolute atomic E-state index is 0.0593. The average Bonchev–Trinajstić information content (AvgIpc) is 3.53. The molecule has 0 aliphatic carbocycles. The summed E-state index contributed by atoms with van der Waals surface area (Å²) in [5.74, 6) is -0.661. The summed E-state index contributed by atoms with van der Waals surface area (Å²) in [4.78, 5) is 33.7. The third kappa shape index (κ3) is 5.31. The summed E-state index contributed by atoms with van der Waals surface area (Å²) < 4.78 is 5.39. The quantitative estimate of drug-likeness (QED) is 0.512. The first-order valence-corrected chi connectivity index (χ1v) is 12.8. The normalized spacial score (nSPS) is 19.7. The van der Waals surface area contributed by atoms with Crippen molar-refractivity contribution in [3.8, 4) is 10.4 Å². The number of nitrogens with one attached hydrogen (secondary N) is 1. The molecule has 0 saturated carbocycles. The number of hydrogen-bond acceptors (Lipinski definition) is 7. The van der Waals surface area contributed by atoms with E-state index in [1.165, 1.54) is 4.90 Å². The van der Waals surface area contributed by atoms with Crippen LogP contribution in [-0.2, 0) is 9.59 Å². The SMILES string of the molecule is Cc1cc([C@H](C(=O)N2C[C@H](O)C[C@H]2C(=O)NC(C)c2ccc(-c3scnc3C)cc2)C(C)C)on1. The predicted octanol–water partition coefficient (Wildman–Crippen LogP) is 3.99. The number of amides is 2. The molecule has 1 aromatic carbocycles. The van der Waals surface area contributed by atoms with Crippen LogP contribution in [0.2, 0.25) is 0 Å². The Morgan fingerprint density at radius 2 is 1.91 bits per heavy atom. The molecule has 186 valence electrons. The molecule has 0 bridgehead atoms. The standard InChI is InChI=1S/C26H32N4O4S/c1-14(2)23(22-10-15(3)29-34-22)26(33)30-12-20(31)11-21(30)25(32)28-16(4)18-6-8-19(9-7-18)24-17(5)27-13-35-24/h6-10,13-14,16,20-21,23,31H,11-12H2,1-5H3,(H,28,32)/t16?,20-,21+,23-/m1/s1. The van der Waals surface area contributed by atoms with Crippen molar-refractivity contribution in [1.29, 1.82) is 0 Å². The number of carbonyl (C=O) groups excluding carboxylic acids is 2. The summed E-state index contributed by atoms with van der Waals surface area (Å²) in [5.41, 5.74) is 5.56. The van der Waals surface area contributed by atoms with Crippen LogP contribution in [0.3, 0.4) is 0 Å². The van der Waals surface area contributed by atoms with Gasteiger partial charge >= 0.3 is 0 Å². The van der Waals surface area contributed by atoms with Gasteiger partial charge in [-0.1, -0.05) is 43.3 Å². The van der Waals surface area contributed by atoms with Gasteiger partial charge in [-0.2, -0.15) is 0 Å². The fourth-order valence-electron chi connectivity index (χ4n) is 4.64. The molecule has 1 aliphatic rings. The van der Waals surface area contributed by atoms with Crippen LogP contribution in [0.5, 0.6) is 0 Å². The molecular weight excluding hydrogens is 464 g/mol. The van der Waals surface area contributed by atoms with E-state index in [1.54, 1.807) is 24.3 Å². The van der Waals surface area contributed by atoms with Crippen LogP contribution in [0.15, 0.2) is 40.4 Å². The van der Waals surface area contributed by atoms with E-state index >= 15 is 0 Å². The lowest BCUT2D eigenvalue weighted by Crippen LogP contribution is -2.48. The lowest BCUT2D eigenvalue weighted by Gasteiger charge is -2.29. The molecule has 0 spiro atoms. The number of β-amino-alcohol motifs (C(OH)–C–C–N with tert-alkyl or cyclic N) is 1. The maximum Gasteiger partial charge on any atom is 0.243 e. The van der Waals surface area contributed by atoms with Crippen molar-refractivity contribution in [2.24, 2.45) is 5.92 Å². The molecular formula is C26H32N4O4S. The van der Waals surface area contributed by atoms with E-state index in [0.29, 0.717) is 11.5 Å². The van der Waals surface area contributed by atoms with Crippen molar-refractivity contribution >= 4 is 23.2 Å². The van der Waals surface area contributed by atoms with Gasteiger partial charge in [0.2, 0.25) is 11.8 Å². The second-order valence-electron chi connectivity index (χ2n) is 9.61. The van der Waals surface area contributed by atoms with Gasteiger partial charge in [-0.3, -0.25) is 9.59 Å². The molecule has 4 atom stereocenters. The summed E-state index contributed by atoms with van der Waals surface area (Å²) in [6, 6.07) is 8.79. The highest BCUT2D eigenvalue weighted by Crippen LogP contribution is 2.32. The smallest absolute Gasteiger partial charge is 0.243 e. The van der Waals surface area contributed by atoms with Gasteiger partial charge in [0.05, 0.1) is 33.9 Å². The summed E-state index contributed by atoms with van der Waals surface area (Å²) in [7, 11) is 0. The minimum Gasteiger partial charge on any atom is -0.391 e. The first-order valence-electron chi connectivity index (χ1n) is 11.9. The Bertz CT molecular complexity index is 1190. The largest absolute Gasteiger partial charge is 0.391 e. The van der Waals surface area contributed by atoms with Gasteiger partial charge in [0.1, 0.15) is 17.7 Å². The van der Waals surface area contributed by atoms with Gasteiger partial charge in [0, 0.05) is 19.0 Å². The lowest BCUT2D eigenvalue weighted by atomic mass is 9.91.